The van der Waals surface area contributed by atoms with Crippen molar-refractivity contribution in [2.45, 2.75) is 102 Å². The number of furan rings is 1. The van der Waals surface area contributed by atoms with Gasteiger partial charge in [-0.25, -0.2) is 0 Å². The number of hydrogen-bond donors (Lipinski definition) is 2. The molecular formula is C30H43N3O4. The predicted octanol–water partition coefficient (Wildman–Crippen LogP) is 5.36. The van der Waals surface area contributed by atoms with Gasteiger partial charge in [-0.1, -0.05) is 56.7 Å². The monoisotopic (exact) mass is 509 g/mol. The van der Waals surface area contributed by atoms with Crippen molar-refractivity contribution in [2.24, 2.45) is 11.7 Å². The van der Waals surface area contributed by atoms with E-state index in [9.17, 15) is 14.4 Å². The van der Waals surface area contributed by atoms with Crippen molar-refractivity contribution in [3.05, 3.63) is 36.1 Å². The molecule has 2 aliphatic carbocycles. The fraction of sp³-hybridized carbons (Fsp3) is 0.633. The van der Waals surface area contributed by atoms with E-state index in [1.165, 1.54) is 45.1 Å². The van der Waals surface area contributed by atoms with Crippen LogP contribution in [0.2, 0.25) is 0 Å². The van der Waals surface area contributed by atoms with Crippen molar-refractivity contribution in [2.75, 3.05) is 13.1 Å². The number of Topliss-reactive ketones (excluding diaryl/α,β-unsaturated/α-hetero) is 1. The number of benzene rings is 1. The lowest BCUT2D eigenvalue weighted by atomic mass is 9.81. The van der Waals surface area contributed by atoms with Crippen LogP contribution in [0.4, 0.5) is 0 Å². The van der Waals surface area contributed by atoms with Gasteiger partial charge in [-0.05, 0) is 63.5 Å². The fourth-order valence-corrected chi connectivity index (χ4v) is 6.15. The van der Waals surface area contributed by atoms with Crippen LogP contribution in [-0.4, -0.2) is 47.2 Å². The summed E-state index contributed by atoms with van der Waals surface area (Å²) in [5.41, 5.74) is 5.24. The molecule has 3 aliphatic rings. The number of likely N-dealkylation sites (tertiary alicyclic amines) is 1. The molecule has 2 aromatic rings. The van der Waals surface area contributed by atoms with Crippen LogP contribution in [0.3, 0.4) is 0 Å². The Kier molecular flexibility index (Phi) is 9.41. The van der Waals surface area contributed by atoms with E-state index in [2.05, 4.69) is 17.1 Å². The van der Waals surface area contributed by atoms with Gasteiger partial charge in [0.1, 0.15) is 16.9 Å². The number of rotatable bonds is 5. The molecular weight excluding hydrogens is 466 g/mol. The number of carbonyl (C=O) groups is 3. The SMILES string of the molecule is C[C@@H]1CCCC(=O)CN1CC1CCCCC1.NC(=O)C1(NC(=O)c2cc3ccccc3o2)CCCCC1. The van der Waals surface area contributed by atoms with Crippen molar-refractivity contribution >= 4 is 28.6 Å². The third-order valence-corrected chi connectivity index (χ3v) is 8.48. The zero-order valence-electron chi connectivity index (χ0n) is 22.3. The average molecular weight is 510 g/mol. The third kappa shape index (κ3) is 7.22. The Morgan fingerprint density at radius 3 is 2.43 bits per heavy atom. The lowest BCUT2D eigenvalue weighted by Gasteiger charge is -2.34. The van der Waals surface area contributed by atoms with Crippen molar-refractivity contribution in [1.29, 1.82) is 0 Å². The van der Waals surface area contributed by atoms with E-state index in [-0.39, 0.29) is 11.7 Å². The number of carbonyl (C=O) groups excluding carboxylic acids is 3. The molecule has 5 rings (SSSR count). The molecule has 3 fully saturated rings. The first-order chi connectivity index (χ1) is 17.9. The highest BCUT2D eigenvalue weighted by molar-refractivity contribution is 5.99. The van der Waals surface area contributed by atoms with Crippen LogP contribution in [0.1, 0.15) is 101 Å². The van der Waals surface area contributed by atoms with Gasteiger partial charge >= 0.3 is 0 Å². The van der Waals surface area contributed by atoms with Gasteiger partial charge in [0.25, 0.3) is 5.91 Å². The maximum Gasteiger partial charge on any atom is 0.287 e. The van der Waals surface area contributed by atoms with E-state index in [0.717, 1.165) is 50.0 Å². The number of ketones is 1. The summed E-state index contributed by atoms with van der Waals surface area (Å²) in [5, 5.41) is 3.66. The highest BCUT2D eigenvalue weighted by atomic mass is 16.3. The van der Waals surface area contributed by atoms with Crippen LogP contribution < -0.4 is 11.1 Å². The Morgan fingerprint density at radius 2 is 1.73 bits per heavy atom. The second-order valence-electron chi connectivity index (χ2n) is 11.3. The largest absolute Gasteiger partial charge is 0.451 e. The molecule has 2 heterocycles. The summed E-state index contributed by atoms with van der Waals surface area (Å²) in [7, 11) is 0. The van der Waals surface area contributed by atoms with Gasteiger partial charge < -0.3 is 15.5 Å². The molecule has 0 bridgehead atoms. The summed E-state index contributed by atoms with van der Waals surface area (Å²) >= 11 is 0. The van der Waals surface area contributed by atoms with Crippen molar-refractivity contribution in [1.82, 2.24) is 10.2 Å². The van der Waals surface area contributed by atoms with E-state index in [1.807, 2.05) is 18.2 Å². The zero-order valence-corrected chi connectivity index (χ0v) is 22.3. The van der Waals surface area contributed by atoms with Gasteiger partial charge in [0, 0.05) is 24.4 Å². The van der Waals surface area contributed by atoms with E-state index in [0.29, 0.717) is 30.2 Å². The number of hydrogen-bond acceptors (Lipinski definition) is 5. The summed E-state index contributed by atoms with van der Waals surface area (Å²) in [6.07, 6.45) is 14.2. The molecule has 2 saturated carbocycles. The van der Waals surface area contributed by atoms with Gasteiger partial charge in [-0.3, -0.25) is 19.3 Å². The molecule has 1 aromatic carbocycles. The molecule has 1 saturated heterocycles. The molecule has 0 unspecified atom stereocenters. The summed E-state index contributed by atoms with van der Waals surface area (Å²) in [6, 6.07) is 9.71. The first-order valence-electron chi connectivity index (χ1n) is 14.2. The number of amides is 2. The van der Waals surface area contributed by atoms with Gasteiger partial charge in [0.15, 0.2) is 5.76 Å². The van der Waals surface area contributed by atoms with E-state index in [4.69, 9.17) is 10.2 Å². The Morgan fingerprint density at radius 1 is 1.03 bits per heavy atom. The van der Waals surface area contributed by atoms with Crippen molar-refractivity contribution in [3.63, 3.8) is 0 Å². The lowest BCUT2D eigenvalue weighted by molar-refractivity contribution is -0.125. The first-order valence-corrected chi connectivity index (χ1v) is 14.2. The Hall–Kier alpha value is -2.67. The van der Waals surface area contributed by atoms with Crippen LogP contribution in [0.25, 0.3) is 11.0 Å². The molecule has 3 N–H and O–H groups in total. The third-order valence-electron chi connectivity index (χ3n) is 8.48. The fourth-order valence-electron chi connectivity index (χ4n) is 6.15. The second-order valence-corrected chi connectivity index (χ2v) is 11.3. The standard InChI is InChI=1S/C16H18N2O3.C14H25NO/c17-15(20)16(8-4-1-5-9-16)18-14(19)13-10-11-6-2-3-7-12(11)21-13;1-12-6-5-9-14(16)11-15(12)10-13-7-3-2-4-8-13/h2-3,6-7,10H,1,4-5,8-9H2,(H2,17,20)(H,18,19);12-13H,2-11H2,1H3/t;12-/m.1/s1. The number of primary amides is 1. The number of para-hydroxylation sites is 1. The molecule has 1 aromatic heterocycles. The van der Waals surface area contributed by atoms with Gasteiger partial charge in [-0.15, -0.1) is 0 Å². The van der Waals surface area contributed by atoms with Gasteiger partial charge in [-0.2, -0.15) is 0 Å². The summed E-state index contributed by atoms with van der Waals surface area (Å²) in [4.78, 5) is 38.3. The molecule has 2 amide bonds. The molecule has 1 aliphatic heterocycles. The predicted molar refractivity (Wildman–Crippen MR) is 145 cm³/mol. The maximum absolute atomic E-state index is 12.4. The van der Waals surface area contributed by atoms with E-state index in [1.54, 1.807) is 12.1 Å². The number of nitrogens with zero attached hydrogens (tertiary/aromatic N) is 1. The number of nitrogens with one attached hydrogen (secondary N) is 1. The minimum atomic E-state index is -0.936. The van der Waals surface area contributed by atoms with Crippen LogP contribution in [0, 0.1) is 5.92 Å². The Balaban J connectivity index is 0.000000180. The molecule has 37 heavy (non-hydrogen) atoms. The second kappa shape index (κ2) is 12.7. The van der Waals surface area contributed by atoms with Crippen molar-refractivity contribution < 1.29 is 18.8 Å². The highest BCUT2D eigenvalue weighted by Gasteiger charge is 2.40. The maximum atomic E-state index is 12.4. The molecule has 1 atom stereocenters. The van der Waals surface area contributed by atoms with Crippen molar-refractivity contribution in [3.8, 4) is 0 Å². The number of nitrogens with two attached hydrogens (primary N) is 1. The zero-order chi connectivity index (χ0) is 26.3. The minimum absolute atomic E-state index is 0.211. The Bertz CT molecular complexity index is 1030. The van der Waals surface area contributed by atoms with Crippen LogP contribution in [0.15, 0.2) is 34.7 Å². The van der Waals surface area contributed by atoms with E-state index >= 15 is 0 Å². The van der Waals surface area contributed by atoms with Gasteiger partial charge in [0.2, 0.25) is 5.91 Å². The smallest absolute Gasteiger partial charge is 0.287 e. The molecule has 0 spiro atoms. The highest BCUT2D eigenvalue weighted by Crippen LogP contribution is 2.29. The summed E-state index contributed by atoms with van der Waals surface area (Å²) in [6.45, 7) is 4.19. The van der Waals surface area contributed by atoms with Crippen LogP contribution in [-0.2, 0) is 9.59 Å². The van der Waals surface area contributed by atoms with Gasteiger partial charge in [0.05, 0.1) is 6.54 Å². The average Bonchev–Trinajstić information content (AvgIpc) is 3.28. The van der Waals surface area contributed by atoms with Crippen LogP contribution >= 0.6 is 0 Å². The molecule has 202 valence electrons. The topological polar surface area (TPSA) is 106 Å². The summed E-state index contributed by atoms with van der Waals surface area (Å²) < 4.78 is 5.53. The first kappa shape index (κ1) is 27.4. The molecule has 0 radical (unpaired) electrons. The lowest BCUT2D eigenvalue weighted by Crippen LogP contribution is -2.58. The minimum Gasteiger partial charge on any atom is -0.451 e. The normalized spacial score (nSPS) is 23.1. The van der Waals surface area contributed by atoms with E-state index < -0.39 is 11.4 Å². The molecule has 7 heteroatoms. The quantitative estimate of drug-likeness (QED) is 0.564. The Labute approximate surface area is 220 Å². The molecule has 7 nitrogen and oxygen atoms in total. The summed E-state index contributed by atoms with van der Waals surface area (Å²) in [5.74, 6) is 0.684. The number of fused-ring (bicyclic) bond motifs is 1. The van der Waals surface area contributed by atoms with Crippen LogP contribution in [0.5, 0.6) is 0 Å².